The molecule has 5 nitrogen and oxygen atoms in total. The number of carbonyl (C=O) groups excluding carboxylic acids is 2. The minimum Gasteiger partial charge on any atom is -0.462 e. The van der Waals surface area contributed by atoms with Crippen LogP contribution in [0.2, 0.25) is 37.3 Å². The van der Waals surface area contributed by atoms with Gasteiger partial charge in [-0.2, -0.15) is 0 Å². The predicted octanol–water partition coefficient (Wildman–Crippen LogP) is 7.59. The molecule has 0 saturated heterocycles. The first kappa shape index (κ1) is 32.8. The summed E-state index contributed by atoms with van der Waals surface area (Å²) < 4.78 is 18.0. The molecule has 34 heavy (non-hydrogen) atoms. The topological polar surface area (TPSA) is 61.8 Å². The van der Waals surface area contributed by atoms with Crippen LogP contribution in [-0.4, -0.2) is 46.8 Å². The highest BCUT2D eigenvalue weighted by atomic mass is 28.4. The van der Waals surface area contributed by atoms with Crippen molar-refractivity contribution in [2.24, 2.45) is 0 Å². The summed E-state index contributed by atoms with van der Waals surface area (Å²) in [6.07, 6.45) is 5.65. The fraction of sp³-hybridized carbons (Fsp3) is 0.778. The van der Waals surface area contributed by atoms with Gasteiger partial charge in [-0.1, -0.05) is 66.4 Å². The van der Waals surface area contributed by atoms with Gasteiger partial charge in [0.1, 0.15) is 0 Å². The van der Waals surface area contributed by atoms with Crippen molar-refractivity contribution < 1.29 is 23.5 Å². The Morgan fingerprint density at radius 1 is 0.794 bits per heavy atom. The highest BCUT2D eigenvalue weighted by molar-refractivity contribution is 6.82. The van der Waals surface area contributed by atoms with Crippen molar-refractivity contribution in [1.82, 2.24) is 0 Å². The summed E-state index contributed by atoms with van der Waals surface area (Å²) in [5, 5.41) is -0.0519. The molecular formula is C27H52O5Si2. The van der Waals surface area contributed by atoms with E-state index in [4.69, 9.17) is 13.9 Å². The van der Waals surface area contributed by atoms with Crippen molar-refractivity contribution in [2.75, 3.05) is 13.2 Å². The Labute approximate surface area is 211 Å². The van der Waals surface area contributed by atoms with Gasteiger partial charge in [0, 0.05) is 16.4 Å². The highest BCUT2D eigenvalue weighted by Gasteiger charge is 2.52. The van der Waals surface area contributed by atoms with Gasteiger partial charge in [-0.15, -0.1) is 0 Å². The zero-order valence-electron chi connectivity index (χ0n) is 23.8. The van der Waals surface area contributed by atoms with E-state index in [1.807, 2.05) is 0 Å². The molecule has 0 aliphatic carbocycles. The van der Waals surface area contributed by atoms with Gasteiger partial charge in [-0.25, -0.2) is 9.59 Å². The molecule has 0 fully saturated rings. The minimum atomic E-state index is -2.14. The first-order chi connectivity index (χ1) is 15.5. The van der Waals surface area contributed by atoms with E-state index in [0.29, 0.717) is 24.4 Å². The van der Waals surface area contributed by atoms with Crippen molar-refractivity contribution in [3.8, 4) is 0 Å². The first-order valence-corrected chi connectivity index (χ1v) is 19.0. The normalized spacial score (nSPS) is 14.3. The SMILES string of the molecule is C=C(C)C(=O)OCCCC(C)(CC)[Si](C)(C)OC(CC)(CC)[Si](C)(C)CCCOC(=O)C(=C)C. The second-order valence-electron chi connectivity index (χ2n) is 11.2. The van der Waals surface area contributed by atoms with Crippen LogP contribution in [0, 0.1) is 0 Å². The lowest BCUT2D eigenvalue weighted by Gasteiger charge is -2.53. The summed E-state index contributed by atoms with van der Waals surface area (Å²) >= 11 is 0. The summed E-state index contributed by atoms with van der Waals surface area (Å²) in [6, 6.07) is 1.04. The molecule has 0 radical (unpaired) electrons. The Bertz CT molecular complexity index is 710. The lowest BCUT2D eigenvalue weighted by molar-refractivity contribution is -0.139. The maximum atomic E-state index is 11.7. The van der Waals surface area contributed by atoms with Crippen LogP contribution < -0.4 is 0 Å². The van der Waals surface area contributed by atoms with E-state index in [2.05, 4.69) is 67.0 Å². The van der Waals surface area contributed by atoms with Gasteiger partial charge in [0.2, 0.25) is 0 Å². The molecule has 0 aliphatic heterocycles. The number of hydrogen-bond donors (Lipinski definition) is 0. The molecule has 1 unspecified atom stereocenters. The minimum absolute atomic E-state index is 0.0692. The van der Waals surface area contributed by atoms with E-state index in [1.165, 1.54) is 0 Å². The second-order valence-corrected chi connectivity index (χ2v) is 20.8. The van der Waals surface area contributed by atoms with Crippen molar-refractivity contribution in [3.05, 3.63) is 24.3 Å². The van der Waals surface area contributed by atoms with Gasteiger partial charge in [-0.05, 0) is 64.1 Å². The average molecular weight is 513 g/mol. The van der Waals surface area contributed by atoms with E-state index >= 15 is 0 Å². The maximum absolute atomic E-state index is 11.7. The van der Waals surface area contributed by atoms with E-state index in [1.54, 1.807) is 13.8 Å². The fourth-order valence-electron chi connectivity index (χ4n) is 4.79. The number of carbonyl (C=O) groups is 2. The van der Waals surface area contributed by atoms with Crippen LogP contribution in [0.15, 0.2) is 24.3 Å². The molecule has 0 saturated carbocycles. The lowest BCUT2D eigenvalue weighted by atomic mass is 10.0. The van der Waals surface area contributed by atoms with Crippen molar-refractivity contribution in [3.63, 3.8) is 0 Å². The largest absolute Gasteiger partial charge is 0.462 e. The number of hydrogen-bond acceptors (Lipinski definition) is 5. The third-order valence-electron chi connectivity index (χ3n) is 8.04. The van der Waals surface area contributed by atoms with Crippen LogP contribution in [0.25, 0.3) is 0 Å². The summed E-state index contributed by atoms with van der Waals surface area (Å²) in [5.74, 6) is -0.627. The highest BCUT2D eigenvalue weighted by Crippen LogP contribution is 2.50. The Morgan fingerprint density at radius 2 is 1.24 bits per heavy atom. The molecule has 0 bridgehead atoms. The zero-order chi connectivity index (χ0) is 26.8. The van der Waals surface area contributed by atoms with Crippen LogP contribution >= 0.6 is 0 Å². The summed E-state index contributed by atoms with van der Waals surface area (Å²) in [5.41, 5.74) is 0.880. The van der Waals surface area contributed by atoms with Crippen LogP contribution in [0.3, 0.4) is 0 Å². The van der Waals surface area contributed by atoms with Crippen LogP contribution in [0.5, 0.6) is 0 Å². The smallest absolute Gasteiger partial charge is 0.333 e. The third kappa shape index (κ3) is 8.79. The third-order valence-corrected chi connectivity index (χ3v) is 17.5. The van der Waals surface area contributed by atoms with Gasteiger partial charge < -0.3 is 13.9 Å². The van der Waals surface area contributed by atoms with Gasteiger partial charge in [0.05, 0.1) is 21.3 Å². The van der Waals surface area contributed by atoms with Gasteiger partial charge in [0.25, 0.3) is 0 Å². The zero-order valence-corrected chi connectivity index (χ0v) is 25.8. The monoisotopic (exact) mass is 512 g/mol. The quantitative estimate of drug-likeness (QED) is 0.0869. The van der Waals surface area contributed by atoms with E-state index in [9.17, 15) is 9.59 Å². The lowest BCUT2D eigenvalue weighted by Crippen LogP contribution is -2.62. The molecule has 0 rings (SSSR count). The molecule has 0 aromatic rings. The molecule has 0 amide bonds. The van der Waals surface area contributed by atoms with Gasteiger partial charge >= 0.3 is 11.9 Å². The Balaban J connectivity index is 5.42. The Kier molecular flexibility index (Phi) is 13.3. The van der Waals surface area contributed by atoms with Crippen LogP contribution in [0.4, 0.5) is 0 Å². The number of esters is 2. The average Bonchev–Trinajstić information content (AvgIpc) is 2.76. The summed E-state index contributed by atoms with van der Waals surface area (Å²) in [4.78, 5) is 23.4. The summed E-state index contributed by atoms with van der Waals surface area (Å²) in [6.45, 7) is 30.2. The van der Waals surface area contributed by atoms with E-state index in [-0.39, 0.29) is 22.2 Å². The summed E-state index contributed by atoms with van der Waals surface area (Å²) in [7, 11) is -3.97. The van der Waals surface area contributed by atoms with Crippen LogP contribution in [0.1, 0.15) is 80.1 Å². The molecular weight excluding hydrogens is 460 g/mol. The maximum Gasteiger partial charge on any atom is 0.333 e. The number of rotatable bonds is 17. The van der Waals surface area contributed by atoms with Crippen molar-refractivity contribution >= 4 is 28.3 Å². The van der Waals surface area contributed by atoms with Gasteiger partial charge in [-0.3, -0.25) is 0 Å². The Hall–Kier alpha value is -1.19. The Morgan fingerprint density at radius 3 is 1.62 bits per heavy atom. The molecule has 0 spiro atoms. The molecule has 0 heterocycles. The molecule has 7 heteroatoms. The number of ether oxygens (including phenoxy) is 2. The molecule has 0 aromatic carbocycles. The molecule has 0 aromatic heterocycles. The molecule has 1 atom stereocenters. The van der Waals surface area contributed by atoms with Crippen molar-refractivity contribution in [1.29, 1.82) is 0 Å². The van der Waals surface area contributed by atoms with Crippen molar-refractivity contribution in [2.45, 2.75) is 123 Å². The standard InChI is InChI=1S/C27H52O5Si2/c1-13-26(8,18-16-19-30-24(28)22(4)5)34(11,12)32-27(14-2,15-3)33(9,10)21-17-20-31-25(29)23(6)7/h4,6,13-21H2,1-3,5,7-12H3. The molecule has 0 aliphatic rings. The first-order valence-electron chi connectivity index (χ1n) is 12.9. The van der Waals surface area contributed by atoms with E-state index < -0.39 is 16.4 Å². The van der Waals surface area contributed by atoms with Gasteiger partial charge in [0.15, 0.2) is 8.32 Å². The van der Waals surface area contributed by atoms with Crippen LogP contribution in [-0.2, 0) is 23.5 Å². The fourth-order valence-corrected chi connectivity index (χ4v) is 13.2. The van der Waals surface area contributed by atoms with E-state index in [0.717, 1.165) is 44.6 Å². The predicted molar refractivity (Wildman–Crippen MR) is 148 cm³/mol. The molecule has 198 valence electrons. The second kappa shape index (κ2) is 13.8. The molecule has 0 N–H and O–H groups in total.